The van der Waals surface area contributed by atoms with Crippen LogP contribution >= 0.6 is 39.1 Å². The number of ether oxygens (including phenoxy) is 1. The fourth-order valence-electron chi connectivity index (χ4n) is 1.64. The number of rotatable bonds is 3. The summed E-state index contributed by atoms with van der Waals surface area (Å²) in [4.78, 5) is 12.0. The lowest BCUT2D eigenvalue weighted by atomic mass is 10.3. The highest BCUT2D eigenvalue weighted by atomic mass is 79.9. The van der Waals surface area contributed by atoms with Gasteiger partial charge in [0.1, 0.15) is 5.75 Å². The Balaban J connectivity index is 2.11. The lowest BCUT2D eigenvalue weighted by Crippen LogP contribution is -2.19. The number of carbonyl (C=O) groups is 1. The second-order valence-corrected chi connectivity index (χ2v) is 5.81. The van der Waals surface area contributed by atoms with Crippen molar-refractivity contribution in [1.82, 2.24) is 0 Å². The number of hydrogen-bond donors (Lipinski definition) is 2. The van der Waals surface area contributed by atoms with E-state index in [9.17, 15) is 4.79 Å². The summed E-state index contributed by atoms with van der Waals surface area (Å²) >= 11 is 15.1. The van der Waals surface area contributed by atoms with E-state index < -0.39 is 6.03 Å². The third-order valence-electron chi connectivity index (χ3n) is 2.54. The van der Waals surface area contributed by atoms with Gasteiger partial charge < -0.3 is 15.4 Å². The van der Waals surface area contributed by atoms with Crippen LogP contribution in [0.3, 0.4) is 0 Å². The van der Waals surface area contributed by atoms with Gasteiger partial charge in [0.2, 0.25) is 0 Å². The highest BCUT2D eigenvalue weighted by Crippen LogP contribution is 2.27. The smallest absolute Gasteiger partial charge is 0.323 e. The van der Waals surface area contributed by atoms with E-state index in [1.165, 1.54) is 0 Å². The van der Waals surface area contributed by atoms with Gasteiger partial charge in [-0.3, -0.25) is 0 Å². The van der Waals surface area contributed by atoms with Crippen LogP contribution in [0.15, 0.2) is 40.9 Å². The Morgan fingerprint density at radius 2 is 1.76 bits per heavy atom. The molecular formula is C14H11BrCl2N2O2. The molecule has 0 heterocycles. The fourth-order valence-corrected chi connectivity index (χ4v) is 2.51. The minimum atomic E-state index is -0.415. The van der Waals surface area contributed by atoms with E-state index in [0.717, 1.165) is 4.47 Å². The number of methoxy groups -OCH3 is 1. The number of carbonyl (C=O) groups excluding carboxylic acids is 1. The summed E-state index contributed by atoms with van der Waals surface area (Å²) in [6.07, 6.45) is 0. The summed E-state index contributed by atoms with van der Waals surface area (Å²) in [7, 11) is 1.56. The number of urea groups is 1. The molecule has 0 unspecified atom stereocenters. The van der Waals surface area contributed by atoms with Crippen molar-refractivity contribution in [3.63, 3.8) is 0 Å². The monoisotopic (exact) mass is 388 g/mol. The Hall–Kier alpha value is -1.43. The van der Waals surface area contributed by atoms with Crippen LogP contribution in [0.2, 0.25) is 10.0 Å². The largest absolute Gasteiger partial charge is 0.497 e. The Bertz CT molecular complexity index is 660. The maximum atomic E-state index is 12.0. The van der Waals surface area contributed by atoms with Crippen LogP contribution in [0.5, 0.6) is 5.75 Å². The lowest BCUT2D eigenvalue weighted by Gasteiger charge is -2.11. The second kappa shape index (κ2) is 7.02. The highest BCUT2D eigenvalue weighted by Gasteiger charge is 2.08. The SMILES string of the molecule is COc1ccc(Br)c(NC(=O)Nc2cc(Cl)cc(Cl)c2)c1. The molecule has 7 heteroatoms. The van der Waals surface area contributed by atoms with Crippen molar-refractivity contribution in [2.45, 2.75) is 0 Å². The molecule has 0 aliphatic rings. The van der Waals surface area contributed by atoms with Gasteiger partial charge in [0, 0.05) is 26.3 Å². The van der Waals surface area contributed by atoms with Crippen molar-refractivity contribution in [3.05, 3.63) is 50.9 Å². The zero-order valence-corrected chi connectivity index (χ0v) is 14.0. The van der Waals surface area contributed by atoms with Gasteiger partial charge in [-0.1, -0.05) is 23.2 Å². The van der Waals surface area contributed by atoms with Crippen LogP contribution in [-0.4, -0.2) is 13.1 Å². The summed E-state index contributed by atoms with van der Waals surface area (Å²) in [5.74, 6) is 0.638. The van der Waals surface area contributed by atoms with Crippen molar-refractivity contribution in [2.24, 2.45) is 0 Å². The summed E-state index contributed by atoms with van der Waals surface area (Å²) in [6.45, 7) is 0. The van der Waals surface area contributed by atoms with Gasteiger partial charge in [0.15, 0.2) is 0 Å². The van der Waals surface area contributed by atoms with Crippen molar-refractivity contribution >= 4 is 56.5 Å². The van der Waals surface area contributed by atoms with Crippen LogP contribution in [-0.2, 0) is 0 Å². The van der Waals surface area contributed by atoms with Crippen LogP contribution in [0.1, 0.15) is 0 Å². The number of nitrogens with one attached hydrogen (secondary N) is 2. The molecule has 0 aliphatic carbocycles. The average Bonchev–Trinajstić information content (AvgIpc) is 2.40. The molecule has 21 heavy (non-hydrogen) atoms. The Morgan fingerprint density at radius 1 is 1.10 bits per heavy atom. The van der Waals surface area contributed by atoms with Crippen LogP contribution < -0.4 is 15.4 Å². The molecule has 110 valence electrons. The first-order valence-electron chi connectivity index (χ1n) is 5.85. The molecule has 0 saturated heterocycles. The summed E-state index contributed by atoms with van der Waals surface area (Å²) < 4.78 is 5.85. The standard InChI is InChI=1S/C14H11BrCl2N2O2/c1-21-11-2-3-12(15)13(7-11)19-14(20)18-10-5-8(16)4-9(17)6-10/h2-7H,1H3,(H2,18,19,20). The van der Waals surface area contributed by atoms with Crippen molar-refractivity contribution in [3.8, 4) is 5.75 Å². The molecule has 0 fully saturated rings. The number of halogens is 3. The fraction of sp³-hybridized carbons (Fsp3) is 0.0714. The van der Waals surface area contributed by atoms with E-state index in [2.05, 4.69) is 26.6 Å². The van der Waals surface area contributed by atoms with Crippen LogP contribution in [0.4, 0.5) is 16.2 Å². The van der Waals surface area contributed by atoms with E-state index in [4.69, 9.17) is 27.9 Å². The summed E-state index contributed by atoms with van der Waals surface area (Å²) in [5.41, 5.74) is 1.09. The van der Waals surface area contributed by atoms with Gasteiger partial charge in [-0.05, 0) is 46.3 Å². The lowest BCUT2D eigenvalue weighted by molar-refractivity contribution is 0.262. The van der Waals surface area contributed by atoms with E-state index in [1.807, 2.05) is 0 Å². The molecule has 4 nitrogen and oxygen atoms in total. The van der Waals surface area contributed by atoms with E-state index in [-0.39, 0.29) is 0 Å². The van der Waals surface area contributed by atoms with Crippen molar-refractivity contribution in [1.29, 1.82) is 0 Å². The van der Waals surface area contributed by atoms with Gasteiger partial charge in [-0.15, -0.1) is 0 Å². The van der Waals surface area contributed by atoms with Gasteiger partial charge >= 0.3 is 6.03 Å². The minimum absolute atomic E-state index is 0.415. The number of benzene rings is 2. The number of anilines is 2. The zero-order chi connectivity index (χ0) is 15.4. The van der Waals surface area contributed by atoms with Crippen LogP contribution in [0.25, 0.3) is 0 Å². The maximum Gasteiger partial charge on any atom is 0.323 e. The molecule has 0 aromatic heterocycles. The third kappa shape index (κ3) is 4.52. The van der Waals surface area contributed by atoms with E-state index in [0.29, 0.717) is 27.2 Å². The molecule has 0 radical (unpaired) electrons. The molecule has 2 amide bonds. The van der Waals surface area contributed by atoms with Gasteiger partial charge in [0.25, 0.3) is 0 Å². The van der Waals surface area contributed by atoms with Gasteiger partial charge in [0.05, 0.1) is 12.8 Å². The predicted molar refractivity (Wildman–Crippen MR) is 89.8 cm³/mol. The molecule has 2 aromatic carbocycles. The summed E-state index contributed by atoms with van der Waals surface area (Å²) in [5, 5.41) is 6.25. The third-order valence-corrected chi connectivity index (χ3v) is 3.67. The summed E-state index contributed by atoms with van der Waals surface area (Å²) in [6, 6.07) is 9.65. The van der Waals surface area contributed by atoms with Crippen LogP contribution in [0, 0.1) is 0 Å². The quantitative estimate of drug-likeness (QED) is 0.737. The first-order chi connectivity index (χ1) is 9.97. The van der Waals surface area contributed by atoms with E-state index >= 15 is 0 Å². The molecule has 2 aromatic rings. The second-order valence-electron chi connectivity index (χ2n) is 4.08. The molecule has 0 aliphatic heterocycles. The van der Waals surface area contributed by atoms with E-state index in [1.54, 1.807) is 43.5 Å². The Kier molecular flexibility index (Phi) is 5.33. The first-order valence-corrected chi connectivity index (χ1v) is 7.40. The molecule has 0 saturated carbocycles. The molecule has 0 bridgehead atoms. The average molecular weight is 390 g/mol. The highest BCUT2D eigenvalue weighted by molar-refractivity contribution is 9.10. The van der Waals surface area contributed by atoms with Crippen molar-refractivity contribution in [2.75, 3.05) is 17.7 Å². The first kappa shape index (κ1) is 15.9. The Labute approximate surface area is 140 Å². The molecule has 2 N–H and O–H groups in total. The predicted octanol–water partition coefficient (Wildman–Crippen LogP) is 5.41. The topological polar surface area (TPSA) is 50.4 Å². The normalized spacial score (nSPS) is 10.1. The van der Waals surface area contributed by atoms with Crippen molar-refractivity contribution < 1.29 is 9.53 Å². The number of amides is 2. The number of hydrogen-bond acceptors (Lipinski definition) is 2. The molecular weight excluding hydrogens is 379 g/mol. The minimum Gasteiger partial charge on any atom is -0.497 e. The molecule has 0 spiro atoms. The molecule has 0 atom stereocenters. The molecule has 2 rings (SSSR count). The van der Waals surface area contributed by atoms with Gasteiger partial charge in [-0.2, -0.15) is 0 Å². The van der Waals surface area contributed by atoms with Gasteiger partial charge in [-0.25, -0.2) is 4.79 Å². The maximum absolute atomic E-state index is 12.0. The zero-order valence-electron chi connectivity index (χ0n) is 10.9. The Morgan fingerprint density at radius 3 is 2.38 bits per heavy atom.